The second-order valence-electron chi connectivity index (χ2n) is 5.85. The van der Waals surface area contributed by atoms with E-state index in [0.29, 0.717) is 17.7 Å². The number of carbonyl (C=O) groups excluding carboxylic acids is 1. The molecule has 2 fully saturated rings. The van der Waals surface area contributed by atoms with Crippen molar-refractivity contribution in [2.24, 2.45) is 17.6 Å². The van der Waals surface area contributed by atoms with Gasteiger partial charge in [-0.15, -0.1) is 0 Å². The quantitative estimate of drug-likeness (QED) is 0.801. The summed E-state index contributed by atoms with van der Waals surface area (Å²) in [7, 11) is 0. The molecule has 0 bridgehead atoms. The Labute approximate surface area is 105 Å². The molecule has 17 heavy (non-hydrogen) atoms. The van der Waals surface area contributed by atoms with Gasteiger partial charge in [-0.1, -0.05) is 32.6 Å². The number of nitrogens with two attached hydrogens (primary N) is 1. The molecule has 2 unspecified atom stereocenters. The van der Waals surface area contributed by atoms with E-state index >= 15 is 0 Å². The van der Waals surface area contributed by atoms with Crippen molar-refractivity contribution in [3.05, 3.63) is 0 Å². The van der Waals surface area contributed by atoms with Gasteiger partial charge in [-0.3, -0.25) is 4.79 Å². The van der Waals surface area contributed by atoms with Crippen LogP contribution < -0.4 is 5.73 Å². The molecule has 98 valence electrons. The topological polar surface area (TPSA) is 46.3 Å². The summed E-state index contributed by atoms with van der Waals surface area (Å²) in [6, 6.07) is 0.196. The van der Waals surface area contributed by atoms with Gasteiger partial charge in [-0.05, 0) is 25.2 Å². The highest BCUT2D eigenvalue weighted by atomic mass is 16.2. The van der Waals surface area contributed by atoms with Gasteiger partial charge in [0.15, 0.2) is 0 Å². The summed E-state index contributed by atoms with van der Waals surface area (Å²) in [6.45, 7) is 3.93. The minimum atomic E-state index is 0.196. The number of nitrogens with zero attached hydrogens (tertiary/aromatic N) is 1. The summed E-state index contributed by atoms with van der Waals surface area (Å²) < 4.78 is 0. The molecule has 2 rings (SSSR count). The molecule has 0 aromatic heterocycles. The van der Waals surface area contributed by atoms with Crippen LogP contribution in [0.25, 0.3) is 0 Å². The fourth-order valence-electron chi connectivity index (χ4n) is 3.33. The third-order valence-electron chi connectivity index (χ3n) is 4.41. The Morgan fingerprint density at radius 2 is 1.94 bits per heavy atom. The number of amides is 1. The molecule has 0 aromatic rings. The minimum Gasteiger partial charge on any atom is -0.341 e. The zero-order chi connectivity index (χ0) is 12.3. The first-order valence-electron chi connectivity index (χ1n) is 7.25. The molecule has 3 nitrogen and oxygen atoms in total. The molecule has 0 aromatic carbocycles. The third-order valence-corrected chi connectivity index (χ3v) is 4.41. The Morgan fingerprint density at radius 3 is 2.59 bits per heavy atom. The zero-order valence-electron chi connectivity index (χ0n) is 11.0. The second-order valence-corrected chi connectivity index (χ2v) is 5.85. The molecule has 1 saturated heterocycles. The number of hydrogen-bond acceptors (Lipinski definition) is 2. The van der Waals surface area contributed by atoms with E-state index in [4.69, 9.17) is 5.73 Å². The van der Waals surface area contributed by atoms with Gasteiger partial charge in [0.2, 0.25) is 5.91 Å². The Morgan fingerprint density at radius 1 is 1.24 bits per heavy atom. The summed E-state index contributed by atoms with van der Waals surface area (Å²) in [4.78, 5) is 14.5. The molecule has 1 saturated carbocycles. The lowest BCUT2D eigenvalue weighted by Gasteiger charge is -2.38. The maximum atomic E-state index is 12.4. The Bertz CT molecular complexity index is 261. The van der Waals surface area contributed by atoms with Crippen LogP contribution in [0.5, 0.6) is 0 Å². The van der Waals surface area contributed by atoms with E-state index in [9.17, 15) is 4.79 Å². The van der Waals surface area contributed by atoms with Crippen LogP contribution >= 0.6 is 0 Å². The first-order valence-corrected chi connectivity index (χ1v) is 7.25. The third kappa shape index (κ3) is 3.21. The van der Waals surface area contributed by atoms with Crippen LogP contribution in [-0.2, 0) is 4.79 Å². The molecule has 2 N–H and O–H groups in total. The van der Waals surface area contributed by atoms with Gasteiger partial charge in [0.05, 0.1) is 0 Å². The molecule has 0 radical (unpaired) electrons. The van der Waals surface area contributed by atoms with E-state index in [1.54, 1.807) is 0 Å². The van der Waals surface area contributed by atoms with Gasteiger partial charge in [0.1, 0.15) is 0 Å². The van der Waals surface area contributed by atoms with Gasteiger partial charge in [-0.2, -0.15) is 0 Å². The Balaban J connectivity index is 1.93. The van der Waals surface area contributed by atoms with Crippen LogP contribution in [0.4, 0.5) is 0 Å². The summed E-state index contributed by atoms with van der Waals surface area (Å²) in [5.41, 5.74) is 6.06. The molecule has 0 spiro atoms. The average molecular weight is 238 g/mol. The summed E-state index contributed by atoms with van der Waals surface area (Å²) >= 11 is 0. The van der Waals surface area contributed by atoms with Crippen molar-refractivity contribution in [3.8, 4) is 0 Å². The molecule has 1 aliphatic heterocycles. The number of carbonyl (C=O) groups is 1. The lowest BCUT2D eigenvalue weighted by molar-refractivity contribution is -0.138. The van der Waals surface area contributed by atoms with E-state index in [-0.39, 0.29) is 6.04 Å². The first-order chi connectivity index (χ1) is 8.20. The van der Waals surface area contributed by atoms with Gasteiger partial charge >= 0.3 is 0 Å². The van der Waals surface area contributed by atoms with Gasteiger partial charge in [0.25, 0.3) is 0 Å². The van der Waals surface area contributed by atoms with Crippen LogP contribution in [0.3, 0.4) is 0 Å². The minimum absolute atomic E-state index is 0.196. The maximum absolute atomic E-state index is 12.4. The molecular weight excluding hydrogens is 212 g/mol. The van der Waals surface area contributed by atoms with Crippen LogP contribution in [0.1, 0.15) is 51.9 Å². The summed E-state index contributed by atoms with van der Waals surface area (Å²) in [5.74, 6) is 1.30. The van der Waals surface area contributed by atoms with E-state index in [1.807, 2.05) is 0 Å². The molecule has 1 aliphatic carbocycles. The number of rotatable bonds is 2. The van der Waals surface area contributed by atoms with Crippen LogP contribution in [-0.4, -0.2) is 29.9 Å². The van der Waals surface area contributed by atoms with Crippen molar-refractivity contribution < 1.29 is 4.79 Å². The molecule has 1 amide bonds. The fourth-order valence-corrected chi connectivity index (χ4v) is 3.33. The van der Waals surface area contributed by atoms with Crippen molar-refractivity contribution in [2.45, 2.75) is 57.9 Å². The monoisotopic (exact) mass is 238 g/mol. The molecule has 1 heterocycles. The molecule has 2 aliphatic rings. The van der Waals surface area contributed by atoms with E-state index < -0.39 is 0 Å². The summed E-state index contributed by atoms with van der Waals surface area (Å²) in [6.07, 6.45) is 8.19. The largest absolute Gasteiger partial charge is 0.341 e. The molecular formula is C14H26N2O. The van der Waals surface area contributed by atoms with Crippen molar-refractivity contribution in [1.29, 1.82) is 0 Å². The fraction of sp³-hybridized carbons (Fsp3) is 0.929. The lowest BCUT2D eigenvalue weighted by Crippen LogP contribution is -2.51. The molecule has 2 atom stereocenters. The highest BCUT2D eigenvalue weighted by Gasteiger charge is 2.31. The zero-order valence-corrected chi connectivity index (χ0v) is 11.0. The SMILES string of the molecule is CCC1CC(N)CN(C(=O)C2CCCCC2)C1. The van der Waals surface area contributed by atoms with E-state index in [0.717, 1.165) is 38.8 Å². The Hall–Kier alpha value is -0.570. The Kier molecular flexibility index (Phi) is 4.43. The van der Waals surface area contributed by atoms with E-state index in [1.165, 1.54) is 19.3 Å². The van der Waals surface area contributed by atoms with Crippen molar-refractivity contribution in [3.63, 3.8) is 0 Å². The van der Waals surface area contributed by atoms with E-state index in [2.05, 4.69) is 11.8 Å². The van der Waals surface area contributed by atoms with Crippen LogP contribution in [0.2, 0.25) is 0 Å². The number of hydrogen-bond donors (Lipinski definition) is 1. The van der Waals surface area contributed by atoms with Crippen LogP contribution in [0.15, 0.2) is 0 Å². The predicted molar refractivity (Wildman–Crippen MR) is 69.5 cm³/mol. The number of piperidine rings is 1. The first kappa shape index (κ1) is 12.9. The van der Waals surface area contributed by atoms with Crippen molar-refractivity contribution >= 4 is 5.91 Å². The van der Waals surface area contributed by atoms with Gasteiger partial charge < -0.3 is 10.6 Å². The summed E-state index contributed by atoms with van der Waals surface area (Å²) in [5, 5.41) is 0. The predicted octanol–water partition coefficient (Wildman–Crippen LogP) is 2.15. The van der Waals surface area contributed by atoms with Gasteiger partial charge in [-0.25, -0.2) is 0 Å². The smallest absolute Gasteiger partial charge is 0.225 e. The van der Waals surface area contributed by atoms with Crippen LogP contribution in [0, 0.1) is 11.8 Å². The standard InChI is InChI=1S/C14H26N2O/c1-2-11-8-13(15)10-16(9-11)14(17)12-6-4-3-5-7-12/h11-13H,2-10,15H2,1H3. The average Bonchev–Trinajstić information content (AvgIpc) is 2.38. The van der Waals surface area contributed by atoms with Crippen molar-refractivity contribution in [1.82, 2.24) is 4.90 Å². The van der Waals surface area contributed by atoms with Crippen molar-refractivity contribution in [2.75, 3.05) is 13.1 Å². The second kappa shape index (κ2) is 5.85. The molecule has 3 heteroatoms. The maximum Gasteiger partial charge on any atom is 0.225 e. The highest BCUT2D eigenvalue weighted by Crippen LogP contribution is 2.27. The van der Waals surface area contributed by atoms with Gasteiger partial charge in [0, 0.05) is 25.0 Å². The highest BCUT2D eigenvalue weighted by molar-refractivity contribution is 5.79. The lowest BCUT2D eigenvalue weighted by atomic mass is 9.86. The normalized spacial score (nSPS) is 31.5. The number of likely N-dealkylation sites (tertiary alicyclic amines) is 1.